The van der Waals surface area contributed by atoms with Crippen LogP contribution in [0.15, 0.2) is 42.5 Å². The summed E-state index contributed by atoms with van der Waals surface area (Å²) >= 11 is 0. The fourth-order valence-electron chi connectivity index (χ4n) is 3.51. The molecule has 1 N–H and O–H groups in total. The molecule has 0 fully saturated rings. The summed E-state index contributed by atoms with van der Waals surface area (Å²) in [5, 5.41) is 7.35. The van der Waals surface area contributed by atoms with Crippen molar-refractivity contribution >= 4 is 11.6 Å². The Morgan fingerprint density at radius 2 is 1.62 bits per heavy atom. The van der Waals surface area contributed by atoms with Crippen LogP contribution in [0, 0.1) is 13.8 Å². The number of ether oxygens (including phenoxy) is 3. The van der Waals surface area contributed by atoms with E-state index in [1.807, 2.05) is 81.8 Å². The number of nitrogens with zero attached hydrogens (tertiary/aromatic N) is 2. The van der Waals surface area contributed by atoms with Gasteiger partial charge in [0.05, 0.1) is 24.5 Å². The zero-order valence-corrected chi connectivity index (χ0v) is 19.4. The Kier molecular flexibility index (Phi) is 7.76. The van der Waals surface area contributed by atoms with Gasteiger partial charge in [-0.05, 0) is 76.6 Å². The number of hydrogen-bond acceptors (Lipinski definition) is 5. The number of aromatic nitrogens is 2. The first-order valence-corrected chi connectivity index (χ1v) is 10.9. The highest BCUT2D eigenvalue weighted by Crippen LogP contribution is 2.29. The van der Waals surface area contributed by atoms with Gasteiger partial charge in [0.25, 0.3) is 5.91 Å². The molecule has 0 aliphatic rings. The van der Waals surface area contributed by atoms with Crippen LogP contribution in [0.4, 0.5) is 5.69 Å². The Hall–Kier alpha value is -3.48. The molecule has 3 rings (SSSR count). The van der Waals surface area contributed by atoms with Gasteiger partial charge in [-0.15, -0.1) is 0 Å². The molecule has 32 heavy (non-hydrogen) atoms. The molecule has 1 heterocycles. The number of aryl methyl sites for hydroxylation is 2. The van der Waals surface area contributed by atoms with Crippen LogP contribution in [-0.4, -0.2) is 28.9 Å². The van der Waals surface area contributed by atoms with Gasteiger partial charge in [0.2, 0.25) is 0 Å². The van der Waals surface area contributed by atoms with Crippen LogP contribution in [0.3, 0.4) is 0 Å². The van der Waals surface area contributed by atoms with E-state index in [-0.39, 0.29) is 5.91 Å². The van der Waals surface area contributed by atoms with E-state index in [0.29, 0.717) is 42.6 Å². The van der Waals surface area contributed by atoms with Crippen LogP contribution in [0.25, 0.3) is 0 Å². The van der Waals surface area contributed by atoms with Crippen LogP contribution in [0.2, 0.25) is 0 Å². The second-order valence-corrected chi connectivity index (χ2v) is 7.28. The minimum absolute atomic E-state index is 0.161. The van der Waals surface area contributed by atoms with Gasteiger partial charge in [-0.25, -0.2) is 0 Å². The molecular weight excluding hydrogens is 406 g/mol. The van der Waals surface area contributed by atoms with E-state index in [1.54, 1.807) is 0 Å². The van der Waals surface area contributed by atoms with Crippen molar-refractivity contribution in [3.8, 4) is 17.2 Å². The summed E-state index contributed by atoms with van der Waals surface area (Å²) in [5.41, 5.74) is 3.89. The molecule has 0 atom stereocenters. The molecule has 1 aromatic heterocycles. The molecule has 0 saturated heterocycles. The largest absolute Gasteiger partial charge is 0.490 e. The quantitative estimate of drug-likeness (QED) is 0.475. The van der Waals surface area contributed by atoms with Crippen LogP contribution < -0.4 is 19.5 Å². The number of anilines is 1. The van der Waals surface area contributed by atoms with Crippen molar-refractivity contribution in [1.82, 2.24) is 9.78 Å². The van der Waals surface area contributed by atoms with E-state index in [0.717, 1.165) is 29.2 Å². The Balaban J connectivity index is 1.62. The molecule has 170 valence electrons. The highest BCUT2D eigenvalue weighted by atomic mass is 16.5. The minimum Gasteiger partial charge on any atom is -0.490 e. The average molecular weight is 438 g/mol. The maximum absolute atomic E-state index is 12.7. The fourth-order valence-corrected chi connectivity index (χ4v) is 3.51. The summed E-state index contributed by atoms with van der Waals surface area (Å²) in [4.78, 5) is 12.7. The van der Waals surface area contributed by atoms with Crippen LogP contribution in [-0.2, 0) is 13.2 Å². The number of carbonyl (C=O) groups excluding carboxylic acids is 1. The minimum atomic E-state index is -0.161. The van der Waals surface area contributed by atoms with Crippen LogP contribution in [0.1, 0.15) is 48.1 Å². The maximum atomic E-state index is 12.7. The van der Waals surface area contributed by atoms with Gasteiger partial charge in [-0.3, -0.25) is 9.48 Å². The number of carbonyl (C=O) groups is 1. The summed E-state index contributed by atoms with van der Waals surface area (Å²) < 4.78 is 19.0. The van der Waals surface area contributed by atoms with Crippen molar-refractivity contribution in [2.45, 2.75) is 47.8 Å². The van der Waals surface area contributed by atoms with Crippen molar-refractivity contribution in [2.24, 2.45) is 0 Å². The lowest BCUT2D eigenvalue weighted by Gasteiger charge is -2.13. The Labute approximate surface area is 189 Å². The smallest absolute Gasteiger partial charge is 0.259 e. The molecule has 1 amide bonds. The highest BCUT2D eigenvalue weighted by molar-refractivity contribution is 6.05. The molecule has 7 heteroatoms. The Bertz CT molecular complexity index is 1060. The number of nitrogens with one attached hydrogen (secondary N) is 1. The van der Waals surface area contributed by atoms with Crippen LogP contribution in [0.5, 0.6) is 17.2 Å². The van der Waals surface area contributed by atoms with E-state index in [1.165, 1.54) is 0 Å². The molecule has 3 aromatic rings. The summed E-state index contributed by atoms with van der Waals surface area (Å²) in [6.45, 7) is 11.9. The maximum Gasteiger partial charge on any atom is 0.259 e. The van der Waals surface area contributed by atoms with Crippen molar-refractivity contribution in [2.75, 3.05) is 18.5 Å². The number of amides is 1. The van der Waals surface area contributed by atoms with Gasteiger partial charge in [0, 0.05) is 17.9 Å². The lowest BCUT2D eigenvalue weighted by atomic mass is 10.1. The standard InChI is InChI=1S/C25H31N3O4/c1-6-28-18(5)24(17(4)27-28)25(29)26-20-10-12-21(13-11-20)32-16-19-9-14-22(30-7-2)23(15-19)31-8-3/h9-15H,6-8,16H2,1-5H3,(H,26,29). The summed E-state index contributed by atoms with van der Waals surface area (Å²) in [7, 11) is 0. The number of hydrogen-bond donors (Lipinski definition) is 1. The van der Waals surface area contributed by atoms with Crippen molar-refractivity contribution < 1.29 is 19.0 Å². The topological polar surface area (TPSA) is 74.6 Å². The lowest BCUT2D eigenvalue weighted by Crippen LogP contribution is -2.14. The monoisotopic (exact) mass is 437 g/mol. The second-order valence-electron chi connectivity index (χ2n) is 7.28. The van der Waals surface area contributed by atoms with E-state index >= 15 is 0 Å². The summed E-state index contributed by atoms with van der Waals surface area (Å²) in [5.74, 6) is 1.99. The van der Waals surface area contributed by atoms with Gasteiger partial charge in [-0.1, -0.05) is 6.07 Å². The van der Waals surface area contributed by atoms with Crippen molar-refractivity contribution in [3.63, 3.8) is 0 Å². The first-order valence-electron chi connectivity index (χ1n) is 10.9. The third-order valence-corrected chi connectivity index (χ3v) is 5.03. The van der Waals surface area contributed by atoms with E-state index in [9.17, 15) is 4.79 Å². The first-order chi connectivity index (χ1) is 15.5. The van der Waals surface area contributed by atoms with E-state index in [4.69, 9.17) is 14.2 Å². The Morgan fingerprint density at radius 1 is 0.938 bits per heavy atom. The third-order valence-electron chi connectivity index (χ3n) is 5.03. The molecule has 0 unspecified atom stereocenters. The Morgan fingerprint density at radius 3 is 2.25 bits per heavy atom. The van der Waals surface area contributed by atoms with Gasteiger partial charge in [0.1, 0.15) is 12.4 Å². The molecule has 0 spiro atoms. The molecule has 0 radical (unpaired) electrons. The molecule has 0 aliphatic heterocycles. The van der Waals surface area contributed by atoms with Crippen molar-refractivity contribution in [3.05, 3.63) is 65.0 Å². The zero-order valence-electron chi connectivity index (χ0n) is 19.4. The predicted molar refractivity (Wildman–Crippen MR) is 125 cm³/mol. The van der Waals surface area contributed by atoms with Gasteiger partial charge in [-0.2, -0.15) is 5.10 Å². The SMILES string of the molecule is CCOc1ccc(COc2ccc(NC(=O)c3c(C)nn(CC)c3C)cc2)cc1OCC. The summed E-state index contributed by atoms with van der Waals surface area (Å²) in [6, 6.07) is 13.1. The lowest BCUT2D eigenvalue weighted by molar-refractivity contribution is 0.102. The van der Waals surface area contributed by atoms with Gasteiger partial charge >= 0.3 is 0 Å². The predicted octanol–water partition coefficient (Wildman–Crippen LogP) is 5.15. The molecule has 2 aromatic carbocycles. The number of benzene rings is 2. The molecule has 0 aliphatic carbocycles. The molecule has 0 saturated carbocycles. The first kappa shape index (κ1) is 23.2. The van der Waals surface area contributed by atoms with E-state index in [2.05, 4.69) is 10.4 Å². The van der Waals surface area contributed by atoms with E-state index < -0.39 is 0 Å². The molecular formula is C25H31N3O4. The van der Waals surface area contributed by atoms with Crippen LogP contribution >= 0.6 is 0 Å². The third kappa shape index (κ3) is 5.41. The molecule has 7 nitrogen and oxygen atoms in total. The average Bonchev–Trinajstić information content (AvgIpc) is 3.08. The fraction of sp³-hybridized carbons (Fsp3) is 0.360. The zero-order chi connectivity index (χ0) is 23.1. The van der Waals surface area contributed by atoms with Gasteiger partial charge in [0.15, 0.2) is 11.5 Å². The summed E-state index contributed by atoms with van der Waals surface area (Å²) in [6.07, 6.45) is 0. The highest BCUT2D eigenvalue weighted by Gasteiger charge is 2.18. The van der Waals surface area contributed by atoms with Crippen molar-refractivity contribution in [1.29, 1.82) is 0 Å². The van der Waals surface area contributed by atoms with Gasteiger partial charge < -0.3 is 19.5 Å². The molecule has 0 bridgehead atoms. The normalized spacial score (nSPS) is 10.7. The number of rotatable bonds is 10. The second kappa shape index (κ2) is 10.7.